The van der Waals surface area contributed by atoms with Gasteiger partial charge in [-0.2, -0.15) is 0 Å². The van der Waals surface area contributed by atoms with E-state index < -0.39 is 5.97 Å². The molecule has 0 fully saturated rings. The Hall–Kier alpha value is -2.07. The molecule has 2 aromatic rings. The van der Waals surface area contributed by atoms with Gasteiger partial charge in [-0.25, -0.2) is 4.79 Å². The molecule has 1 aromatic carbocycles. The number of nitrogens with zero attached hydrogens (tertiary/aromatic N) is 1. The molecule has 0 spiro atoms. The molecule has 0 aliphatic rings. The lowest BCUT2D eigenvalue weighted by atomic mass is 10.2. The molecule has 0 unspecified atom stereocenters. The average Bonchev–Trinajstić information content (AvgIpc) is 2.37. The van der Waals surface area contributed by atoms with Crippen LogP contribution in [0.25, 0.3) is 0 Å². The van der Waals surface area contributed by atoms with E-state index in [1.807, 2.05) is 0 Å². The number of carboxylic acid groups (broad SMARTS) is 1. The first-order chi connectivity index (χ1) is 8.65. The van der Waals surface area contributed by atoms with E-state index in [1.165, 1.54) is 12.1 Å². The molecule has 0 saturated carbocycles. The maximum absolute atomic E-state index is 10.7. The van der Waals surface area contributed by atoms with Gasteiger partial charge in [-0.15, -0.1) is 0 Å². The molecular formula is C13H10ClNO3. The minimum atomic E-state index is -0.960. The molecule has 4 nitrogen and oxygen atoms in total. The van der Waals surface area contributed by atoms with Crippen LogP contribution in [0.3, 0.4) is 0 Å². The molecule has 5 heteroatoms. The van der Waals surface area contributed by atoms with E-state index in [4.69, 9.17) is 21.4 Å². The summed E-state index contributed by atoms with van der Waals surface area (Å²) in [6, 6.07) is 9.59. The lowest BCUT2D eigenvalue weighted by Crippen LogP contribution is -1.99. The molecule has 1 aromatic heterocycles. The molecule has 0 aliphatic heterocycles. The molecule has 0 atom stereocenters. The first kappa shape index (κ1) is 12.4. The van der Waals surface area contributed by atoms with Gasteiger partial charge in [-0.1, -0.05) is 11.6 Å². The van der Waals surface area contributed by atoms with Crippen LogP contribution >= 0.6 is 11.6 Å². The molecule has 1 N–H and O–H groups in total. The van der Waals surface area contributed by atoms with E-state index in [0.717, 1.165) is 0 Å². The Kier molecular flexibility index (Phi) is 3.79. The SMILES string of the molecule is O=C(O)c1ccc(OCc2cc(Cl)ccn2)cc1. The zero-order valence-electron chi connectivity index (χ0n) is 9.34. The molecule has 1 heterocycles. The van der Waals surface area contributed by atoms with Gasteiger partial charge in [-0.05, 0) is 36.4 Å². The second-order valence-electron chi connectivity index (χ2n) is 3.58. The third kappa shape index (κ3) is 3.21. The van der Waals surface area contributed by atoms with Crippen LogP contribution in [0.4, 0.5) is 0 Å². The van der Waals surface area contributed by atoms with E-state index in [1.54, 1.807) is 30.5 Å². The summed E-state index contributed by atoms with van der Waals surface area (Å²) in [5.74, 6) is -0.375. The summed E-state index contributed by atoms with van der Waals surface area (Å²) in [7, 11) is 0. The normalized spacial score (nSPS) is 10.1. The van der Waals surface area contributed by atoms with Crippen molar-refractivity contribution in [3.63, 3.8) is 0 Å². The zero-order chi connectivity index (χ0) is 13.0. The predicted octanol–water partition coefficient (Wildman–Crippen LogP) is 3.01. The van der Waals surface area contributed by atoms with Gasteiger partial charge in [-0.3, -0.25) is 4.98 Å². The first-order valence-electron chi connectivity index (χ1n) is 5.22. The number of carboxylic acids is 1. The molecule has 92 valence electrons. The Labute approximate surface area is 109 Å². The van der Waals surface area contributed by atoms with Crippen LogP contribution in [-0.4, -0.2) is 16.1 Å². The highest BCUT2D eigenvalue weighted by atomic mass is 35.5. The van der Waals surface area contributed by atoms with Gasteiger partial charge in [0.15, 0.2) is 0 Å². The van der Waals surface area contributed by atoms with Crippen LogP contribution in [0.5, 0.6) is 5.75 Å². The summed E-state index contributed by atoms with van der Waals surface area (Å²) in [5.41, 5.74) is 0.938. The van der Waals surface area contributed by atoms with E-state index in [0.29, 0.717) is 16.5 Å². The van der Waals surface area contributed by atoms with Crippen molar-refractivity contribution in [2.45, 2.75) is 6.61 Å². The molecule has 0 amide bonds. The number of hydrogen-bond donors (Lipinski definition) is 1. The summed E-state index contributed by atoms with van der Waals surface area (Å²) >= 11 is 5.82. The molecular weight excluding hydrogens is 254 g/mol. The number of aromatic nitrogens is 1. The van der Waals surface area contributed by atoms with Crippen LogP contribution < -0.4 is 4.74 Å². The van der Waals surface area contributed by atoms with E-state index in [2.05, 4.69) is 4.98 Å². The molecule has 0 aliphatic carbocycles. The van der Waals surface area contributed by atoms with Gasteiger partial charge >= 0.3 is 5.97 Å². The van der Waals surface area contributed by atoms with Crippen molar-refractivity contribution in [1.29, 1.82) is 0 Å². The second-order valence-corrected chi connectivity index (χ2v) is 4.02. The highest BCUT2D eigenvalue weighted by molar-refractivity contribution is 6.30. The number of pyridine rings is 1. The molecule has 2 rings (SSSR count). The van der Waals surface area contributed by atoms with Gasteiger partial charge in [0.1, 0.15) is 12.4 Å². The van der Waals surface area contributed by atoms with Gasteiger partial charge < -0.3 is 9.84 Å². The summed E-state index contributed by atoms with van der Waals surface area (Å²) in [6.07, 6.45) is 1.61. The Bertz CT molecular complexity index is 554. The number of halogens is 1. The second kappa shape index (κ2) is 5.51. The largest absolute Gasteiger partial charge is 0.487 e. The number of benzene rings is 1. The van der Waals surface area contributed by atoms with Crippen molar-refractivity contribution in [2.24, 2.45) is 0 Å². The topological polar surface area (TPSA) is 59.4 Å². The first-order valence-corrected chi connectivity index (χ1v) is 5.59. The minimum absolute atomic E-state index is 0.225. The maximum atomic E-state index is 10.7. The third-order valence-electron chi connectivity index (χ3n) is 2.27. The Morgan fingerprint density at radius 2 is 2.00 bits per heavy atom. The number of hydrogen-bond acceptors (Lipinski definition) is 3. The minimum Gasteiger partial charge on any atom is -0.487 e. The van der Waals surface area contributed by atoms with E-state index in [9.17, 15) is 4.79 Å². The monoisotopic (exact) mass is 263 g/mol. The van der Waals surface area contributed by atoms with Crippen molar-refractivity contribution in [3.8, 4) is 5.75 Å². The van der Waals surface area contributed by atoms with Gasteiger partial charge in [0, 0.05) is 11.2 Å². The van der Waals surface area contributed by atoms with E-state index in [-0.39, 0.29) is 12.2 Å². The van der Waals surface area contributed by atoms with Crippen molar-refractivity contribution >= 4 is 17.6 Å². The number of ether oxygens (including phenoxy) is 1. The van der Waals surface area contributed by atoms with Crippen molar-refractivity contribution in [1.82, 2.24) is 4.98 Å². The predicted molar refractivity (Wildman–Crippen MR) is 67.0 cm³/mol. The summed E-state index contributed by atoms with van der Waals surface area (Å²) in [4.78, 5) is 14.8. The molecule has 0 radical (unpaired) electrons. The zero-order valence-corrected chi connectivity index (χ0v) is 10.1. The summed E-state index contributed by atoms with van der Waals surface area (Å²) < 4.78 is 5.47. The van der Waals surface area contributed by atoms with Crippen molar-refractivity contribution < 1.29 is 14.6 Å². The quantitative estimate of drug-likeness (QED) is 0.921. The Morgan fingerprint density at radius 3 is 2.61 bits per heavy atom. The average molecular weight is 264 g/mol. The fraction of sp³-hybridized carbons (Fsp3) is 0.0769. The van der Waals surface area contributed by atoms with Crippen LogP contribution in [0.15, 0.2) is 42.6 Å². The fourth-order valence-corrected chi connectivity index (χ4v) is 1.56. The van der Waals surface area contributed by atoms with Gasteiger partial charge in [0.2, 0.25) is 0 Å². The van der Waals surface area contributed by atoms with Gasteiger partial charge in [0.05, 0.1) is 11.3 Å². The molecule has 0 saturated heterocycles. The number of aromatic carboxylic acids is 1. The molecule has 18 heavy (non-hydrogen) atoms. The Balaban J connectivity index is 2.00. The van der Waals surface area contributed by atoms with Crippen molar-refractivity contribution in [2.75, 3.05) is 0 Å². The Morgan fingerprint density at radius 1 is 1.28 bits per heavy atom. The highest BCUT2D eigenvalue weighted by Gasteiger charge is 2.02. The smallest absolute Gasteiger partial charge is 0.335 e. The summed E-state index contributed by atoms with van der Waals surface area (Å²) in [5, 5.41) is 9.35. The standard InChI is InChI=1S/C13H10ClNO3/c14-10-5-6-15-11(7-10)8-18-12-3-1-9(2-4-12)13(16)17/h1-7H,8H2,(H,16,17). The number of carbonyl (C=O) groups is 1. The van der Waals surface area contributed by atoms with Crippen molar-refractivity contribution in [3.05, 3.63) is 58.9 Å². The molecule has 0 bridgehead atoms. The van der Waals surface area contributed by atoms with Crippen LogP contribution in [0.1, 0.15) is 16.1 Å². The van der Waals surface area contributed by atoms with E-state index >= 15 is 0 Å². The van der Waals surface area contributed by atoms with Crippen LogP contribution in [0.2, 0.25) is 5.02 Å². The lowest BCUT2D eigenvalue weighted by molar-refractivity contribution is 0.0697. The summed E-state index contributed by atoms with van der Waals surface area (Å²) in [6.45, 7) is 0.285. The van der Waals surface area contributed by atoms with Crippen LogP contribution in [0, 0.1) is 0 Å². The maximum Gasteiger partial charge on any atom is 0.335 e. The highest BCUT2D eigenvalue weighted by Crippen LogP contribution is 2.15. The fourth-order valence-electron chi connectivity index (χ4n) is 1.38. The van der Waals surface area contributed by atoms with Gasteiger partial charge in [0.25, 0.3) is 0 Å². The number of rotatable bonds is 4. The third-order valence-corrected chi connectivity index (χ3v) is 2.50. The van der Waals surface area contributed by atoms with Crippen LogP contribution in [-0.2, 0) is 6.61 Å². The lowest BCUT2D eigenvalue weighted by Gasteiger charge is -2.06.